The Morgan fingerprint density at radius 3 is 1.46 bits per heavy atom. The molecule has 0 aliphatic heterocycles. The molecule has 4 aromatic carbocycles. The fraction of sp³-hybridized carbons (Fsp3) is 0.271. The van der Waals surface area contributed by atoms with E-state index in [2.05, 4.69) is 25.3 Å². The minimum Gasteiger partial charge on any atom is -0.454 e. The molecular formula is C48H49ClF4N12O4. The Hall–Kier alpha value is -7.58. The first kappa shape index (κ1) is 49.3. The Morgan fingerprint density at radius 2 is 1.07 bits per heavy atom. The number of halogens is 5. The molecule has 4 aromatic heterocycles. The van der Waals surface area contributed by atoms with Crippen LogP contribution < -0.4 is 32.0 Å². The maximum absolute atomic E-state index is 14.0. The third-order valence-electron chi connectivity index (χ3n) is 11.2. The maximum Gasteiger partial charge on any atom is 0.407 e. The zero-order valence-electron chi connectivity index (χ0n) is 36.7. The van der Waals surface area contributed by atoms with E-state index in [1.165, 1.54) is 24.8 Å². The number of ether oxygens (including phenoxy) is 3. The molecule has 0 saturated heterocycles. The summed E-state index contributed by atoms with van der Waals surface area (Å²) in [5.41, 5.74) is 21.7. The van der Waals surface area contributed by atoms with Crippen LogP contribution >= 0.6 is 12.4 Å². The molecule has 8 aromatic rings. The lowest BCUT2D eigenvalue weighted by atomic mass is 9.87. The van der Waals surface area contributed by atoms with Crippen LogP contribution in [0.15, 0.2) is 97.6 Å². The van der Waals surface area contributed by atoms with E-state index in [4.69, 9.17) is 41.6 Å². The van der Waals surface area contributed by atoms with E-state index in [0.29, 0.717) is 69.4 Å². The van der Waals surface area contributed by atoms with Gasteiger partial charge in [-0.05, 0) is 119 Å². The highest BCUT2D eigenvalue weighted by atomic mass is 35.5. The fourth-order valence-corrected chi connectivity index (χ4v) is 7.84. The Bertz CT molecular complexity index is 3120. The summed E-state index contributed by atoms with van der Waals surface area (Å²) >= 11 is 0. The highest BCUT2D eigenvalue weighted by Gasteiger charge is 2.36. The van der Waals surface area contributed by atoms with Crippen molar-refractivity contribution in [3.05, 3.63) is 121 Å². The number of alkyl carbamates (subject to hydrolysis) is 1. The smallest absolute Gasteiger partial charge is 0.407 e. The number of nitrogens with two attached hydrogens (primary N) is 3. The minimum atomic E-state index is -0.793. The Kier molecular flexibility index (Phi) is 14.3. The molecular weight excluding hydrogens is 920 g/mol. The molecule has 69 heavy (non-hydrogen) atoms. The van der Waals surface area contributed by atoms with E-state index in [1.807, 2.05) is 30.1 Å². The molecule has 0 spiro atoms. The van der Waals surface area contributed by atoms with Gasteiger partial charge in [-0.3, -0.25) is 0 Å². The van der Waals surface area contributed by atoms with Crippen LogP contribution in [0, 0.1) is 23.3 Å². The Balaban J connectivity index is 0.000000202. The predicted molar refractivity (Wildman–Crippen MR) is 255 cm³/mol. The first-order chi connectivity index (χ1) is 32.1. The van der Waals surface area contributed by atoms with Gasteiger partial charge in [0, 0.05) is 35.3 Å². The van der Waals surface area contributed by atoms with Gasteiger partial charge in [-0.1, -0.05) is 7.43 Å². The van der Waals surface area contributed by atoms with Crippen LogP contribution in [0.2, 0.25) is 0 Å². The number of carbonyl (C=O) groups excluding carboxylic acids is 1. The van der Waals surface area contributed by atoms with E-state index in [9.17, 15) is 22.4 Å². The summed E-state index contributed by atoms with van der Waals surface area (Å²) in [7, 11) is 0. The molecule has 0 unspecified atom stereocenters. The number of benzene rings is 4. The number of amides is 1. The average Bonchev–Trinajstić information content (AvgIpc) is 3.84. The molecule has 4 heterocycles. The number of hydrogen-bond donors (Lipinski definition) is 4. The van der Waals surface area contributed by atoms with Gasteiger partial charge < -0.3 is 36.7 Å². The molecule has 2 saturated carbocycles. The van der Waals surface area contributed by atoms with Crippen LogP contribution in [0.25, 0.3) is 44.6 Å². The standard InChI is InChI=1S/C26H26F2N6O3.C21H18F2N6O.CH4.ClH/c1-26(2,3)37-25(35)32-16-11-17(12-16)34-24-21(23(29)30-13-31-24)22(33-34)14-4-7-18(8-5-14)36-20-9-6-15(27)10-19(20)28;22-12-3-6-17(16(23)7-12)30-15-4-1-11(2-5-15)19-18-20(25)26-10-27-21(18)29(28-19)14-8-13(24)9-14;;/h4-10,13,16-17H,11-12H2,1-3H3,(H,32,35)(H2,29,30,31);1-7,10,13-14H,8-9,24H2,(H2,25,26,27);1H4;1H. The zero-order valence-corrected chi connectivity index (χ0v) is 37.6. The van der Waals surface area contributed by atoms with Crippen molar-refractivity contribution in [3.63, 3.8) is 0 Å². The highest BCUT2D eigenvalue weighted by molar-refractivity contribution is 5.99. The van der Waals surface area contributed by atoms with Gasteiger partial charge in [0.05, 0.1) is 22.9 Å². The normalized spacial score (nSPS) is 17.3. The van der Waals surface area contributed by atoms with Crippen molar-refractivity contribution in [1.29, 1.82) is 0 Å². The molecule has 0 atom stereocenters. The molecule has 360 valence electrons. The molecule has 7 N–H and O–H groups in total. The van der Waals surface area contributed by atoms with Gasteiger partial charge in [-0.25, -0.2) is 51.7 Å². The number of fused-ring (bicyclic) bond motifs is 2. The molecule has 10 rings (SSSR count). The molecule has 0 bridgehead atoms. The van der Waals surface area contributed by atoms with Gasteiger partial charge in [0.15, 0.2) is 34.4 Å². The van der Waals surface area contributed by atoms with Crippen LogP contribution in [-0.2, 0) is 4.74 Å². The second-order valence-corrected chi connectivity index (χ2v) is 17.3. The van der Waals surface area contributed by atoms with E-state index in [0.717, 1.165) is 48.2 Å². The Morgan fingerprint density at radius 1 is 0.652 bits per heavy atom. The summed E-state index contributed by atoms with van der Waals surface area (Å²) in [6.45, 7) is 5.45. The highest BCUT2D eigenvalue weighted by Crippen LogP contribution is 2.40. The van der Waals surface area contributed by atoms with E-state index in [1.54, 1.807) is 48.5 Å². The summed E-state index contributed by atoms with van der Waals surface area (Å²) in [5, 5.41) is 13.7. The van der Waals surface area contributed by atoms with Crippen LogP contribution in [0.1, 0.15) is 66.0 Å². The van der Waals surface area contributed by atoms with Crippen LogP contribution in [0.5, 0.6) is 23.0 Å². The summed E-state index contributed by atoms with van der Waals surface area (Å²) in [6, 6.07) is 20.4. The molecule has 2 aliphatic rings. The summed E-state index contributed by atoms with van der Waals surface area (Å²) in [6.07, 6.45) is 5.35. The lowest BCUT2D eigenvalue weighted by molar-refractivity contribution is 0.0454. The third-order valence-corrected chi connectivity index (χ3v) is 11.2. The van der Waals surface area contributed by atoms with Gasteiger partial charge in [-0.2, -0.15) is 10.2 Å². The number of carbonyl (C=O) groups is 1. The van der Waals surface area contributed by atoms with Crippen LogP contribution in [0.3, 0.4) is 0 Å². The number of nitrogens with one attached hydrogen (secondary N) is 1. The third kappa shape index (κ3) is 10.6. The quantitative estimate of drug-likeness (QED) is 0.0990. The first-order valence-corrected chi connectivity index (χ1v) is 21.3. The number of hydrogen-bond acceptors (Lipinski definition) is 13. The van der Waals surface area contributed by atoms with Crippen molar-refractivity contribution >= 4 is 52.2 Å². The molecule has 16 nitrogen and oxygen atoms in total. The van der Waals surface area contributed by atoms with E-state index in [-0.39, 0.29) is 55.5 Å². The molecule has 0 radical (unpaired) electrons. The predicted octanol–water partition coefficient (Wildman–Crippen LogP) is 10.2. The van der Waals surface area contributed by atoms with Crippen molar-refractivity contribution in [1.82, 2.24) is 44.8 Å². The van der Waals surface area contributed by atoms with Crippen molar-refractivity contribution in [2.75, 3.05) is 11.5 Å². The minimum absolute atomic E-state index is 0. The first-order valence-electron chi connectivity index (χ1n) is 21.3. The van der Waals surface area contributed by atoms with Crippen molar-refractivity contribution in [3.8, 4) is 45.5 Å². The van der Waals surface area contributed by atoms with Gasteiger partial charge in [0.1, 0.15) is 64.4 Å². The lowest BCUT2D eigenvalue weighted by Gasteiger charge is -2.36. The van der Waals surface area contributed by atoms with Crippen molar-refractivity contribution < 1.29 is 36.6 Å². The zero-order chi connectivity index (χ0) is 47.1. The lowest BCUT2D eigenvalue weighted by Crippen LogP contribution is -2.46. The summed E-state index contributed by atoms with van der Waals surface area (Å²) < 4.78 is 74.1. The van der Waals surface area contributed by atoms with E-state index >= 15 is 0 Å². The largest absolute Gasteiger partial charge is 0.454 e. The molecule has 21 heteroatoms. The molecule has 1 amide bonds. The topological polar surface area (TPSA) is 222 Å². The number of rotatable bonds is 9. The van der Waals surface area contributed by atoms with Gasteiger partial charge in [0.25, 0.3) is 0 Å². The number of nitrogens with zero attached hydrogens (tertiary/aromatic N) is 8. The number of anilines is 2. The number of aromatic nitrogens is 8. The molecule has 2 aliphatic carbocycles. The van der Waals surface area contributed by atoms with Crippen LogP contribution in [-0.4, -0.2) is 63.3 Å². The summed E-state index contributed by atoms with van der Waals surface area (Å²) in [4.78, 5) is 29.1. The van der Waals surface area contributed by atoms with Gasteiger partial charge >= 0.3 is 6.09 Å². The van der Waals surface area contributed by atoms with E-state index < -0.39 is 35.0 Å². The molecule has 2 fully saturated rings. The maximum atomic E-state index is 14.0. The van der Waals surface area contributed by atoms with Crippen LogP contribution in [0.4, 0.5) is 34.0 Å². The summed E-state index contributed by atoms with van der Waals surface area (Å²) in [5.74, 6) is -1.63. The average molecular weight is 969 g/mol. The van der Waals surface area contributed by atoms with Gasteiger partial charge in [0.2, 0.25) is 0 Å². The Labute approximate surface area is 399 Å². The fourth-order valence-electron chi connectivity index (χ4n) is 7.84. The van der Waals surface area contributed by atoms with Crippen molar-refractivity contribution in [2.45, 2.75) is 83.6 Å². The van der Waals surface area contributed by atoms with Gasteiger partial charge in [-0.15, -0.1) is 12.4 Å². The van der Waals surface area contributed by atoms with Crippen molar-refractivity contribution in [2.24, 2.45) is 5.73 Å². The SMILES string of the molecule is C.CC(C)(C)OC(=O)NC1CC(n2nc(-c3ccc(Oc4ccc(F)cc4F)cc3)c3c(N)ncnc32)C1.Cl.Nc1ncnc2c1c(-c1ccc(Oc3ccc(F)cc3F)cc1)nn2C1CC(N)C1. The number of nitrogen functional groups attached to an aromatic ring is 2. The monoisotopic (exact) mass is 968 g/mol. The second-order valence-electron chi connectivity index (χ2n) is 17.3. The second kappa shape index (κ2) is 19.9.